The fraction of sp³-hybridized carbons (Fsp3) is 0.417. The van der Waals surface area contributed by atoms with Gasteiger partial charge < -0.3 is 10.2 Å². The third-order valence-electron chi connectivity index (χ3n) is 2.47. The van der Waals surface area contributed by atoms with Gasteiger partial charge in [-0.3, -0.25) is 4.79 Å². The summed E-state index contributed by atoms with van der Waals surface area (Å²) in [5.74, 6) is -0.476. The molecule has 3 nitrogen and oxygen atoms in total. The Bertz CT molecular complexity index is 394. The summed E-state index contributed by atoms with van der Waals surface area (Å²) in [5.41, 5.74) is 0.248. The maximum atomic E-state index is 13.3. The third-order valence-corrected chi connectivity index (χ3v) is 2.71. The minimum absolute atomic E-state index is 0.0608. The van der Waals surface area contributed by atoms with E-state index in [0.717, 1.165) is 0 Å². The van der Waals surface area contributed by atoms with E-state index in [-0.39, 0.29) is 18.1 Å². The van der Waals surface area contributed by atoms with Gasteiger partial charge in [0.25, 0.3) is 0 Å². The number of amides is 1. The number of nitrogens with zero attached hydrogens (tertiary/aromatic N) is 1. The van der Waals surface area contributed by atoms with E-state index in [2.05, 4.69) is 5.32 Å². The minimum atomic E-state index is -0.415. The predicted octanol–water partition coefficient (Wildman–Crippen LogP) is 2.76. The van der Waals surface area contributed by atoms with E-state index in [4.69, 9.17) is 11.6 Å². The fourth-order valence-electron chi connectivity index (χ4n) is 1.49. The van der Waals surface area contributed by atoms with Gasteiger partial charge in [0.15, 0.2) is 0 Å². The lowest BCUT2D eigenvalue weighted by Crippen LogP contribution is -2.35. The van der Waals surface area contributed by atoms with E-state index in [1.54, 1.807) is 4.90 Å². The minimum Gasteiger partial charge on any atom is -0.374 e. The number of likely N-dealkylation sites (N-methyl/N-ethyl adjacent to an activating group) is 1. The van der Waals surface area contributed by atoms with E-state index >= 15 is 0 Å². The van der Waals surface area contributed by atoms with Gasteiger partial charge in [0.1, 0.15) is 5.82 Å². The zero-order valence-corrected chi connectivity index (χ0v) is 10.7. The lowest BCUT2D eigenvalue weighted by atomic mass is 10.3. The van der Waals surface area contributed by atoms with Crippen molar-refractivity contribution in [2.24, 2.45) is 0 Å². The summed E-state index contributed by atoms with van der Waals surface area (Å²) in [7, 11) is 0. The largest absolute Gasteiger partial charge is 0.374 e. The number of benzene rings is 1. The van der Waals surface area contributed by atoms with Crippen LogP contribution in [-0.4, -0.2) is 30.4 Å². The Morgan fingerprint density at radius 1 is 1.41 bits per heavy atom. The maximum Gasteiger partial charge on any atom is 0.241 e. The number of rotatable bonds is 5. The molecule has 5 heteroatoms. The second-order valence-corrected chi connectivity index (χ2v) is 3.98. The second-order valence-electron chi connectivity index (χ2n) is 3.54. The molecule has 1 rings (SSSR count). The van der Waals surface area contributed by atoms with Crippen molar-refractivity contribution >= 4 is 23.2 Å². The van der Waals surface area contributed by atoms with E-state index < -0.39 is 5.82 Å². The van der Waals surface area contributed by atoms with Crippen molar-refractivity contribution in [3.8, 4) is 0 Å². The van der Waals surface area contributed by atoms with Crippen LogP contribution in [0.4, 0.5) is 10.1 Å². The molecule has 17 heavy (non-hydrogen) atoms. The van der Waals surface area contributed by atoms with Gasteiger partial charge in [-0.25, -0.2) is 4.39 Å². The number of anilines is 1. The monoisotopic (exact) mass is 258 g/mol. The Labute approximate surface area is 106 Å². The maximum absolute atomic E-state index is 13.3. The molecule has 0 aliphatic rings. The van der Waals surface area contributed by atoms with Crippen molar-refractivity contribution in [3.05, 3.63) is 29.0 Å². The first-order valence-corrected chi connectivity index (χ1v) is 5.93. The Morgan fingerprint density at radius 2 is 2.06 bits per heavy atom. The van der Waals surface area contributed by atoms with Crippen LogP contribution in [0.5, 0.6) is 0 Å². The van der Waals surface area contributed by atoms with E-state index in [0.29, 0.717) is 18.1 Å². The molecule has 1 aromatic carbocycles. The third kappa shape index (κ3) is 3.89. The summed E-state index contributed by atoms with van der Waals surface area (Å²) in [6, 6.07) is 4.20. The molecule has 0 atom stereocenters. The zero-order chi connectivity index (χ0) is 12.8. The Balaban J connectivity index is 2.61. The van der Waals surface area contributed by atoms with E-state index in [1.165, 1.54) is 18.2 Å². The summed E-state index contributed by atoms with van der Waals surface area (Å²) in [6.45, 7) is 5.17. The first kappa shape index (κ1) is 13.8. The van der Waals surface area contributed by atoms with Crippen LogP contribution < -0.4 is 5.32 Å². The Hall–Kier alpha value is -1.29. The van der Waals surface area contributed by atoms with Crippen LogP contribution in [0.15, 0.2) is 18.2 Å². The van der Waals surface area contributed by atoms with Crippen LogP contribution in [0, 0.1) is 5.82 Å². The highest BCUT2D eigenvalue weighted by Gasteiger charge is 2.10. The molecule has 0 bridgehead atoms. The molecule has 0 saturated carbocycles. The molecule has 0 radical (unpaired) electrons. The highest BCUT2D eigenvalue weighted by atomic mass is 35.5. The normalized spacial score (nSPS) is 10.1. The molecular formula is C12H16ClFN2O. The smallest absolute Gasteiger partial charge is 0.241 e. The summed E-state index contributed by atoms with van der Waals surface area (Å²) in [6.07, 6.45) is 0. The van der Waals surface area contributed by atoms with Crippen LogP contribution in [0.1, 0.15) is 13.8 Å². The summed E-state index contributed by atoms with van der Waals surface area (Å²) in [4.78, 5) is 13.4. The average molecular weight is 259 g/mol. The van der Waals surface area contributed by atoms with Crippen molar-refractivity contribution in [2.45, 2.75) is 13.8 Å². The molecule has 0 aliphatic heterocycles. The number of nitrogens with one attached hydrogen (secondary N) is 1. The molecule has 1 amide bonds. The van der Waals surface area contributed by atoms with Crippen LogP contribution >= 0.6 is 11.6 Å². The van der Waals surface area contributed by atoms with Gasteiger partial charge >= 0.3 is 0 Å². The average Bonchev–Trinajstić information content (AvgIpc) is 2.32. The fourth-order valence-corrected chi connectivity index (χ4v) is 1.66. The Morgan fingerprint density at radius 3 is 2.65 bits per heavy atom. The highest BCUT2D eigenvalue weighted by Crippen LogP contribution is 2.19. The summed E-state index contributed by atoms with van der Waals surface area (Å²) in [5, 5.41) is 3.19. The lowest BCUT2D eigenvalue weighted by Gasteiger charge is -2.19. The molecule has 0 aromatic heterocycles. The molecule has 0 fully saturated rings. The van der Waals surface area contributed by atoms with Gasteiger partial charge in [0, 0.05) is 18.1 Å². The van der Waals surface area contributed by atoms with Gasteiger partial charge in [-0.2, -0.15) is 0 Å². The number of carbonyl (C=O) groups excluding carboxylic acids is 1. The molecule has 0 unspecified atom stereocenters. The molecule has 0 spiro atoms. The van der Waals surface area contributed by atoms with Crippen molar-refractivity contribution in [1.82, 2.24) is 4.90 Å². The number of hydrogen-bond donors (Lipinski definition) is 1. The summed E-state index contributed by atoms with van der Waals surface area (Å²) >= 11 is 5.75. The number of hydrogen-bond acceptors (Lipinski definition) is 2. The standard InChI is InChI=1S/C12H16ClFN2O/c1-3-16(4-2)12(17)8-15-11-7-9(13)5-6-10(11)14/h5-7,15H,3-4,8H2,1-2H3. The van der Waals surface area contributed by atoms with Gasteiger partial charge in [-0.05, 0) is 32.0 Å². The van der Waals surface area contributed by atoms with Gasteiger partial charge in [-0.15, -0.1) is 0 Å². The molecule has 0 heterocycles. The van der Waals surface area contributed by atoms with Crippen LogP contribution in [0.3, 0.4) is 0 Å². The predicted molar refractivity (Wildman–Crippen MR) is 67.8 cm³/mol. The molecule has 0 saturated heterocycles. The molecule has 0 aliphatic carbocycles. The molecule has 1 aromatic rings. The lowest BCUT2D eigenvalue weighted by molar-refractivity contribution is -0.128. The molecule has 1 N–H and O–H groups in total. The van der Waals surface area contributed by atoms with E-state index in [1.807, 2.05) is 13.8 Å². The van der Waals surface area contributed by atoms with Gasteiger partial charge in [0.2, 0.25) is 5.91 Å². The van der Waals surface area contributed by atoms with Crippen molar-refractivity contribution < 1.29 is 9.18 Å². The van der Waals surface area contributed by atoms with Crippen molar-refractivity contribution in [2.75, 3.05) is 25.0 Å². The molecule has 94 valence electrons. The SMILES string of the molecule is CCN(CC)C(=O)CNc1cc(Cl)ccc1F. The van der Waals surface area contributed by atoms with E-state index in [9.17, 15) is 9.18 Å². The van der Waals surface area contributed by atoms with Crippen molar-refractivity contribution in [3.63, 3.8) is 0 Å². The van der Waals surface area contributed by atoms with Gasteiger partial charge in [-0.1, -0.05) is 11.6 Å². The van der Waals surface area contributed by atoms with Crippen molar-refractivity contribution in [1.29, 1.82) is 0 Å². The topological polar surface area (TPSA) is 32.3 Å². The quantitative estimate of drug-likeness (QED) is 0.881. The first-order chi connectivity index (χ1) is 8.08. The first-order valence-electron chi connectivity index (χ1n) is 5.55. The van der Waals surface area contributed by atoms with Crippen LogP contribution in [0.2, 0.25) is 5.02 Å². The summed E-state index contributed by atoms with van der Waals surface area (Å²) < 4.78 is 13.3. The number of halogens is 2. The van der Waals surface area contributed by atoms with Crippen LogP contribution in [-0.2, 0) is 4.79 Å². The van der Waals surface area contributed by atoms with Crippen LogP contribution in [0.25, 0.3) is 0 Å². The second kappa shape index (κ2) is 6.45. The zero-order valence-electron chi connectivity index (χ0n) is 9.96. The Kier molecular flexibility index (Phi) is 5.22. The highest BCUT2D eigenvalue weighted by molar-refractivity contribution is 6.30. The van der Waals surface area contributed by atoms with Gasteiger partial charge in [0.05, 0.1) is 12.2 Å². The molecular weight excluding hydrogens is 243 g/mol. The number of carbonyl (C=O) groups is 1.